The van der Waals surface area contributed by atoms with Gasteiger partial charge in [-0.05, 0) is 105 Å². The van der Waals surface area contributed by atoms with E-state index < -0.39 is 39.6 Å². The van der Waals surface area contributed by atoms with Gasteiger partial charge in [0.1, 0.15) is 0 Å². The van der Waals surface area contributed by atoms with E-state index in [1.165, 1.54) is 0 Å². The van der Waals surface area contributed by atoms with E-state index >= 15 is 0 Å². The van der Waals surface area contributed by atoms with Crippen LogP contribution in [0.4, 0.5) is 0 Å². The van der Waals surface area contributed by atoms with Crippen LogP contribution in [0, 0.1) is 34.0 Å². The third-order valence-corrected chi connectivity index (χ3v) is 9.14. The topological polar surface area (TPSA) is 68.3 Å². The predicted octanol–water partition coefficient (Wildman–Crippen LogP) is 8.36. The number of ketones is 4. The molecule has 5 atom stereocenters. The highest BCUT2D eigenvalue weighted by molar-refractivity contribution is 6.38. The van der Waals surface area contributed by atoms with E-state index in [1.54, 1.807) is 13.8 Å². The molecule has 216 valence electrons. The van der Waals surface area contributed by atoms with Crippen molar-refractivity contribution in [1.82, 2.24) is 0 Å². The maximum Gasteiger partial charge on any atom is 0.168 e. The van der Waals surface area contributed by atoms with Gasteiger partial charge in [0.25, 0.3) is 0 Å². The molecule has 0 aromatic carbocycles. The normalized spacial score (nSPS) is 30.1. The van der Waals surface area contributed by atoms with Gasteiger partial charge in [0, 0.05) is 5.92 Å². The molecule has 2 aliphatic carbocycles. The van der Waals surface area contributed by atoms with Crippen molar-refractivity contribution in [2.24, 2.45) is 34.0 Å². The number of rotatable bonds is 11. The molecule has 0 aromatic rings. The summed E-state index contributed by atoms with van der Waals surface area (Å²) in [5.41, 5.74) is 0.221. The quantitative estimate of drug-likeness (QED) is 0.196. The minimum absolute atomic E-state index is 0.166. The number of carbonyl (C=O) groups is 4. The highest BCUT2D eigenvalue weighted by Gasteiger charge is 2.77. The van der Waals surface area contributed by atoms with Gasteiger partial charge >= 0.3 is 0 Å². The minimum atomic E-state index is -1.83. The van der Waals surface area contributed by atoms with Gasteiger partial charge in [-0.25, -0.2) is 0 Å². The Morgan fingerprint density at radius 1 is 0.795 bits per heavy atom. The number of hydrogen-bond donors (Lipinski definition) is 0. The summed E-state index contributed by atoms with van der Waals surface area (Å²) in [4.78, 5) is 58.7. The first-order valence-corrected chi connectivity index (χ1v) is 14.7. The van der Waals surface area contributed by atoms with E-state index in [-0.39, 0.29) is 30.3 Å². The van der Waals surface area contributed by atoms with Crippen LogP contribution in [-0.4, -0.2) is 23.1 Å². The Hall–Kier alpha value is -2.36. The van der Waals surface area contributed by atoms with Crippen LogP contribution >= 0.6 is 0 Å². The zero-order valence-corrected chi connectivity index (χ0v) is 26.4. The van der Waals surface area contributed by atoms with Gasteiger partial charge in [0.15, 0.2) is 28.5 Å². The lowest BCUT2D eigenvalue weighted by molar-refractivity contribution is -0.190. The third-order valence-electron chi connectivity index (χ3n) is 9.14. The van der Waals surface area contributed by atoms with E-state index in [2.05, 4.69) is 12.2 Å². The van der Waals surface area contributed by atoms with Crippen molar-refractivity contribution in [2.45, 2.75) is 115 Å². The lowest BCUT2D eigenvalue weighted by atomic mass is 9.36. The number of Topliss-reactive ketones (excluding diaryl/α,β-unsaturated/α-hetero) is 4. The smallest absolute Gasteiger partial charge is 0.168 e. The lowest BCUT2D eigenvalue weighted by Gasteiger charge is -2.62. The third kappa shape index (κ3) is 5.91. The number of fused-ring (bicyclic) bond motifs is 2. The molecule has 0 N–H and O–H groups in total. The fourth-order valence-corrected chi connectivity index (χ4v) is 6.93. The summed E-state index contributed by atoms with van der Waals surface area (Å²) in [5, 5.41) is 0. The standard InChI is InChI=1S/C35H52O4/c1-22(2)13-12-19-33(11)27(16-14-23(3)4)21-34(20-18-25(7)8)30(37)28(17-15-24(5)6)31(38)35(33,32(34)39)29(36)26(9)10/h13-15,18,26-28H,12,16-17,19-21H2,1-11H3/t27-,28?,33-,34-,35+/m1/s1. The van der Waals surface area contributed by atoms with E-state index in [9.17, 15) is 19.2 Å². The molecular formula is C35H52O4. The summed E-state index contributed by atoms with van der Waals surface area (Å²) in [7, 11) is 0. The molecule has 0 amide bonds. The molecule has 4 nitrogen and oxygen atoms in total. The molecule has 1 unspecified atom stereocenters. The van der Waals surface area contributed by atoms with Crippen molar-refractivity contribution in [3.8, 4) is 0 Å². The number of hydrogen-bond acceptors (Lipinski definition) is 4. The lowest BCUT2D eigenvalue weighted by Crippen LogP contribution is -2.75. The first kappa shape index (κ1) is 32.8. The van der Waals surface area contributed by atoms with Gasteiger partial charge in [-0.2, -0.15) is 0 Å². The average molecular weight is 537 g/mol. The van der Waals surface area contributed by atoms with E-state index in [0.29, 0.717) is 25.7 Å². The van der Waals surface area contributed by atoms with Crippen LogP contribution in [-0.2, 0) is 19.2 Å². The summed E-state index contributed by atoms with van der Waals surface area (Å²) in [6.45, 7) is 21.5. The zero-order valence-electron chi connectivity index (χ0n) is 26.4. The molecule has 0 aliphatic heterocycles. The van der Waals surface area contributed by atoms with Gasteiger partial charge in [-0.15, -0.1) is 0 Å². The Bertz CT molecular complexity index is 1110. The van der Waals surface area contributed by atoms with Crippen molar-refractivity contribution in [2.75, 3.05) is 0 Å². The van der Waals surface area contributed by atoms with Crippen LogP contribution in [0.15, 0.2) is 46.6 Å². The molecule has 0 spiro atoms. The molecule has 2 saturated carbocycles. The molecule has 2 rings (SSSR count). The van der Waals surface area contributed by atoms with Gasteiger partial charge in [0.2, 0.25) is 0 Å². The Labute approximate surface area is 237 Å². The summed E-state index contributed by atoms with van der Waals surface area (Å²) in [6.07, 6.45) is 10.8. The first-order valence-electron chi connectivity index (χ1n) is 14.7. The molecule has 2 fully saturated rings. The Balaban J connectivity index is 3.04. The first-order chi connectivity index (χ1) is 18.0. The van der Waals surface area contributed by atoms with Crippen molar-refractivity contribution in [3.63, 3.8) is 0 Å². The maximum absolute atomic E-state index is 15.0. The molecule has 0 heterocycles. The molecule has 2 aliphatic rings. The molecule has 0 saturated heterocycles. The molecule has 2 bridgehead atoms. The van der Waals surface area contributed by atoms with Crippen molar-refractivity contribution >= 4 is 23.1 Å². The number of carbonyl (C=O) groups excluding carboxylic acids is 4. The van der Waals surface area contributed by atoms with Crippen molar-refractivity contribution in [1.29, 1.82) is 0 Å². The molecule has 39 heavy (non-hydrogen) atoms. The molecule has 0 radical (unpaired) electrons. The largest absolute Gasteiger partial charge is 0.298 e. The second-order valence-electron chi connectivity index (χ2n) is 13.6. The SMILES string of the molecule is CC(C)=CCC[C@]1(C)[C@H](CC=C(C)C)C[C@]2(CC=C(C)C)C(=O)C(CC=C(C)C)C(=O)[C@@]1(C(=O)C(C)C)C2=O. The highest BCUT2D eigenvalue weighted by atomic mass is 16.2. The van der Waals surface area contributed by atoms with Crippen LogP contribution in [0.2, 0.25) is 0 Å². The van der Waals surface area contributed by atoms with E-state index in [0.717, 1.165) is 22.3 Å². The van der Waals surface area contributed by atoms with Gasteiger partial charge in [-0.3, -0.25) is 19.2 Å². The average Bonchev–Trinajstić information content (AvgIpc) is 2.81. The van der Waals surface area contributed by atoms with Gasteiger partial charge in [0.05, 0.1) is 11.3 Å². The summed E-state index contributed by atoms with van der Waals surface area (Å²) in [6, 6.07) is 0. The van der Waals surface area contributed by atoms with E-state index in [4.69, 9.17) is 0 Å². The second kappa shape index (κ2) is 12.4. The molecule has 0 aromatic heterocycles. The molecule has 4 heteroatoms. The zero-order chi connectivity index (χ0) is 29.9. The fraction of sp³-hybridized carbons (Fsp3) is 0.657. The second-order valence-corrected chi connectivity index (χ2v) is 13.6. The molecular weight excluding hydrogens is 484 g/mol. The van der Waals surface area contributed by atoms with Gasteiger partial charge < -0.3 is 0 Å². The predicted molar refractivity (Wildman–Crippen MR) is 160 cm³/mol. The maximum atomic E-state index is 15.0. The summed E-state index contributed by atoms with van der Waals surface area (Å²) < 4.78 is 0. The highest BCUT2D eigenvalue weighted by Crippen LogP contribution is 2.66. The summed E-state index contributed by atoms with van der Waals surface area (Å²) in [5.74, 6) is -3.14. The van der Waals surface area contributed by atoms with Crippen LogP contribution in [0.1, 0.15) is 115 Å². The van der Waals surface area contributed by atoms with Gasteiger partial charge in [-0.1, -0.05) is 67.4 Å². The Morgan fingerprint density at radius 2 is 1.31 bits per heavy atom. The number of allylic oxidation sites excluding steroid dienone is 8. The van der Waals surface area contributed by atoms with Crippen molar-refractivity contribution < 1.29 is 19.2 Å². The van der Waals surface area contributed by atoms with Crippen LogP contribution in [0.25, 0.3) is 0 Å². The van der Waals surface area contributed by atoms with Crippen LogP contribution < -0.4 is 0 Å². The Morgan fingerprint density at radius 3 is 1.79 bits per heavy atom. The minimum Gasteiger partial charge on any atom is -0.298 e. The van der Waals surface area contributed by atoms with E-state index in [1.807, 2.05) is 74.5 Å². The van der Waals surface area contributed by atoms with Crippen LogP contribution in [0.3, 0.4) is 0 Å². The monoisotopic (exact) mass is 536 g/mol. The van der Waals surface area contributed by atoms with Crippen LogP contribution in [0.5, 0.6) is 0 Å². The van der Waals surface area contributed by atoms with Crippen molar-refractivity contribution in [3.05, 3.63) is 46.6 Å². The summed E-state index contributed by atoms with van der Waals surface area (Å²) >= 11 is 0. The Kier molecular flexibility index (Phi) is 10.5. The fourth-order valence-electron chi connectivity index (χ4n) is 6.93.